The lowest BCUT2D eigenvalue weighted by atomic mass is 10.2. The summed E-state index contributed by atoms with van der Waals surface area (Å²) in [5.74, 6) is -0.685. The Morgan fingerprint density at radius 1 is 1.50 bits per heavy atom. The molecule has 0 bridgehead atoms. The second-order valence-corrected chi connectivity index (χ2v) is 5.41. The Labute approximate surface area is 118 Å². The van der Waals surface area contributed by atoms with E-state index >= 15 is 0 Å². The molecular formula is C12H12N4O3S. The number of thiophene rings is 1. The summed E-state index contributed by atoms with van der Waals surface area (Å²) in [6.07, 6.45) is 1.32. The number of likely N-dealkylation sites (tertiary alicyclic amines) is 1. The van der Waals surface area contributed by atoms with Crippen LogP contribution in [0.3, 0.4) is 0 Å². The Morgan fingerprint density at radius 2 is 2.35 bits per heavy atom. The average molecular weight is 292 g/mol. The van der Waals surface area contributed by atoms with Gasteiger partial charge in [0.15, 0.2) is 0 Å². The third-order valence-electron chi connectivity index (χ3n) is 3.19. The molecule has 1 fully saturated rings. The molecule has 20 heavy (non-hydrogen) atoms. The van der Waals surface area contributed by atoms with Gasteiger partial charge in [0.1, 0.15) is 6.04 Å². The van der Waals surface area contributed by atoms with Gasteiger partial charge in [0, 0.05) is 6.54 Å². The van der Waals surface area contributed by atoms with Gasteiger partial charge in [-0.2, -0.15) is 4.98 Å². The van der Waals surface area contributed by atoms with Crippen LogP contribution in [0.15, 0.2) is 22.0 Å². The van der Waals surface area contributed by atoms with Crippen molar-refractivity contribution in [3.63, 3.8) is 0 Å². The Balaban J connectivity index is 1.83. The average Bonchev–Trinajstić information content (AvgIpc) is 3.17. The van der Waals surface area contributed by atoms with Gasteiger partial charge in [-0.1, -0.05) is 11.2 Å². The Bertz CT molecular complexity index is 637. The fourth-order valence-electron chi connectivity index (χ4n) is 2.24. The van der Waals surface area contributed by atoms with Crippen LogP contribution in [0.4, 0.5) is 0 Å². The van der Waals surface area contributed by atoms with Gasteiger partial charge >= 0.3 is 11.8 Å². The summed E-state index contributed by atoms with van der Waals surface area (Å²) < 4.78 is 4.99. The lowest BCUT2D eigenvalue weighted by Crippen LogP contribution is -2.43. The molecule has 0 unspecified atom stereocenters. The Kier molecular flexibility index (Phi) is 3.23. The van der Waals surface area contributed by atoms with E-state index in [1.54, 1.807) is 0 Å². The molecule has 0 radical (unpaired) electrons. The van der Waals surface area contributed by atoms with Crippen molar-refractivity contribution < 1.29 is 14.1 Å². The molecule has 0 spiro atoms. The van der Waals surface area contributed by atoms with Gasteiger partial charge in [0.2, 0.25) is 11.7 Å². The van der Waals surface area contributed by atoms with E-state index < -0.39 is 17.9 Å². The first-order valence-electron chi connectivity index (χ1n) is 6.14. The molecule has 2 aromatic heterocycles. The molecular weight excluding hydrogens is 280 g/mol. The number of hydrogen-bond donors (Lipinski definition) is 1. The van der Waals surface area contributed by atoms with Gasteiger partial charge in [0.05, 0.1) is 4.88 Å². The van der Waals surface area contributed by atoms with E-state index in [4.69, 9.17) is 10.3 Å². The number of aromatic nitrogens is 2. The number of rotatable bonds is 3. The summed E-state index contributed by atoms with van der Waals surface area (Å²) in [4.78, 5) is 29.9. The SMILES string of the molecule is NC(=O)[C@@H]1CCCN1C(=O)c1nc(-c2cccs2)no1. The predicted molar refractivity (Wildman–Crippen MR) is 70.9 cm³/mol. The molecule has 2 aromatic rings. The van der Waals surface area contributed by atoms with Gasteiger partial charge in [-0.05, 0) is 24.3 Å². The standard InChI is InChI=1S/C12H12N4O3S/c13-9(17)7-3-1-5-16(7)12(18)11-14-10(15-19-11)8-4-2-6-20-8/h2,4,6-7H,1,3,5H2,(H2,13,17)/t7-/m0/s1. The molecule has 1 aliphatic heterocycles. The summed E-state index contributed by atoms with van der Waals surface area (Å²) in [6, 6.07) is 3.12. The first-order valence-corrected chi connectivity index (χ1v) is 7.02. The smallest absolute Gasteiger partial charge is 0.316 e. The molecule has 1 saturated heterocycles. The molecule has 1 atom stereocenters. The maximum atomic E-state index is 12.3. The van der Waals surface area contributed by atoms with Crippen LogP contribution in [0, 0.1) is 0 Å². The van der Waals surface area contributed by atoms with Gasteiger partial charge in [-0.3, -0.25) is 9.59 Å². The minimum atomic E-state index is -0.584. The largest absolute Gasteiger partial charge is 0.368 e. The van der Waals surface area contributed by atoms with E-state index in [0.717, 1.165) is 11.3 Å². The van der Waals surface area contributed by atoms with Crippen LogP contribution in [0.2, 0.25) is 0 Å². The minimum Gasteiger partial charge on any atom is -0.368 e. The maximum Gasteiger partial charge on any atom is 0.316 e. The quantitative estimate of drug-likeness (QED) is 0.905. The Morgan fingerprint density at radius 3 is 3.05 bits per heavy atom. The first-order chi connectivity index (χ1) is 9.66. The summed E-state index contributed by atoms with van der Waals surface area (Å²) in [6.45, 7) is 0.475. The van der Waals surface area contributed by atoms with Crippen molar-refractivity contribution in [2.75, 3.05) is 6.54 Å². The molecule has 3 rings (SSSR count). The number of hydrogen-bond acceptors (Lipinski definition) is 6. The van der Waals surface area contributed by atoms with Crippen LogP contribution in [0.1, 0.15) is 23.5 Å². The van der Waals surface area contributed by atoms with E-state index in [-0.39, 0.29) is 5.89 Å². The molecule has 2 amide bonds. The van der Waals surface area contributed by atoms with Crippen molar-refractivity contribution in [2.45, 2.75) is 18.9 Å². The highest BCUT2D eigenvalue weighted by molar-refractivity contribution is 7.13. The maximum absolute atomic E-state index is 12.3. The van der Waals surface area contributed by atoms with Crippen molar-refractivity contribution in [3.05, 3.63) is 23.4 Å². The highest BCUT2D eigenvalue weighted by Crippen LogP contribution is 2.23. The van der Waals surface area contributed by atoms with Gasteiger partial charge < -0.3 is 15.2 Å². The van der Waals surface area contributed by atoms with Crippen molar-refractivity contribution >= 4 is 23.2 Å². The summed E-state index contributed by atoms with van der Waals surface area (Å²) >= 11 is 1.45. The molecule has 3 heterocycles. The van der Waals surface area contributed by atoms with Crippen molar-refractivity contribution in [3.8, 4) is 10.7 Å². The number of nitrogens with two attached hydrogens (primary N) is 1. The number of nitrogens with zero attached hydrogens (tertiary/aromatic N) is 3. The second-order valence-electron chi connectivity index (χ2n) is 4.46. The van der Waals surface area contributed by atoms with Crippen molar-refractivity contribution in [1.82, 2.24) is 15.0 Å². The zero-order valence-electron chi connectivity index (χ0n) is 10.5. The number of carbonyl (C=O) groups is 2. The van der Waals surface area contributed by atoms with E-state index in [1.807, 2.05) is 17.5 Å². The van der Waals surface area contributed by atoms with E-state index in [0.29, 0.717) is 18.8 Å². The normalized spacial score (nSPS) is 18.4. The molecule has 2 N–H and O–H groups in total. The molecule has 1 aliphatic rings. The van der Waals surface area contributed by atoms with Gasteiger partial charge in [-0.25, -0.2) is 0 Å². The molecule has 7 nitrogen and oxygen atoms in total. The van der Waals surface area contributed by atoms with E-state index in [2.05, 4.69) is 10.1 Å². The topological polar surface area (TPSA) is 102 Å². The lowest BCUT2D eigenvalue weighted by Gasteiger charge is -2.19. The van der Waals surface area contributed by atoms with E-state index in [9.17, 15) is 9.59 Å². The molecule has 0 aliphatic carbocycles. The highest BCUT2D eigenvalue weighted by Gasteiger charge is 2.35. The molecule has 8 heteroatoms. The van der Waals surface area contributed by atoms with Crippen LogP contribution in [0.25, 0.3) is 10.7 Å². The van der Waals surface area contributed by atoms with Crippen LogP contribution < -0.4 is 5.73 Å². The number of amides is 2. The fourth-order valence-corrected chi connectivity index (χ4v) is 2.89. The Hall–Kier alpha value is -2.22. The monoisotopic (exact) mass is 292 g/mol. The minimum absolute atomic E-state index is 0.110. The zero-order valence-corrected chi connectivity index (χ0v) is 11.3. The molecule has 0 saturated carbocycles. The third kappa shape index (κ3) is 2.18. The second kappa shape index (κ2) is 5.04. The van der Waals surface area contributed by atoms with Crippen LogP contribution in [-0.4, -0.2) is 39.4 Å². The van der Waals surface area contributed by atoms with E-state index in [1.165, 1.54) is 16.2 Å². The summed E-state index contributed by atoms with van der Waals surface area (Å²) in [7, 11) is 0. The zero-order chi connectivity index (χ0) is 14.1. The van der Waals surface area contributed by atoms with Crippen LogP contribution in [-0.2, 0) is 4.79 Å². The van der Waals surface area contributed by atoms with Gasteiger partial charge in [-0.15, -0.1) is 11.3 Å². The number of primary amides is 1. The van der Waals surface area contributed by atoms with Crippen LogP contribution in [0.5, 0.6) is 0 Å². The van der Waals surface area contributed by atoms with Crippen molar-refractivity contribution in [2.24, 2.45) is 5.73 Å². The predicted octanol–water partition coefficient (Wildman–Crippen LogP) is 0.888. The summed E-state index contributed by atoms with van der Waals surface area (Å²) in [5, 5.41) is 5.67. The fraction of sp³-hybridized carbons (Fsp3) is 0.333. The summed E-state index contributed by atoms with van der Waals surface area (Å²) in [5.41, 5.74) is 5.29. The van der Waals surface area contributed by atoms with Crippen molar-refractivity contribution in [1.29, 1.82) is 0 Å². The first kappa shape index (κ1) is 12.8. The molecule has 104 valence electrons. The molecule has 0 aromatic carbocycles. The lowest BCUT2D eigenvalue weighted by molar-refractivity contribution is -0.121. The van der Waals surface area contributed by atoms with Gasteiger partial charge in [0.25, 0.3) is 0 Å². The van der Waals surface area contributed by atoms with Crippen LogP contribution >= 0.6 is 11.3 Å². The third-order valence-corrected chi connectivity index (χ3v) is 4.06. The highest BCUT2D eigenvalue weighted by atomic mass is 32.1. The number of carbonyl (C=O) groups excluding carboxylic acids is 2.